The highest BCUT2D eigenvalue weighted by molar-refractivity contribution is 7.99. The Morgan fingerprint density at radius 1 is 0.880 bits per heavy atom. The highest BCUT2D eigenvalue weighted by Crippen LogP contribution is 2.43. The van der Waals surface area contributed by atoms with Crippen LogP contribution in [0.25, 0.3) is 0 Å². The van der Waals surface area contributed by atoms with Crippen LogP contribution in [0.5, 0.6) is 0 Å². The quantitative estimate of drug-likeness (QED) is 0.444. The fourth-order valence-corrected chi connectivity index (χ4v) is 3.95. The second-order valence-corrected chi connectivity index (χ2v) is 8.33. The van der Waals surface area contributed by atoms with E-state index in [0.717, 1.165) is 28.9 Å². The van der Waals surface area contributed by atoms with Gasteiger partial charge in [-0.15, -0.1) is 0 Å². The molecule has 1 fully saturated rings. The lowest BCUT2D eigenvalue weighted by atomic mass is 9.71. The molecule has 0 bridgehead atoms. The molecule has 0 aromatic rings. The van der Waals surface area contributed by atoms with E-state index in [1.807, 2.05) is 27.7 Å². The molecule has 1 saturated carbocycles. The molecule has 25 heavy (non-hydrogen) atoms. The molecule has 0 aromatic carbocycles. The highest BCUT2D eigenvalue weighted by Gasteiger charge is 2.34. The minimum Gasteiger partial charge on any atom is -0.161 e. The smallest absolute Gasteiger partial charge is 0.00983 e. The normalized spacial score (nSPS) is 19.9. The van der Waals surface area contributed by atoms with Gasteiger partial charge in [-0.05, 0) is 49.2 Å². The van der Waals surface area contributed by atoms with E-state index in [2.05, 4.69) is 73.4 Å². The standard InChI is InChI=1S/C12H24S.C5H12.C3H8.2C2H6/c1-5-6-10(3)12(13-4)11-7-9(2)8-11;1-4-5(2)3;1-3-2;2*1-2/h9-12H,5-8H2,1-4H3;5H,4H2,1-3H3;3H2,1-2H3;2*1-2H3. The maximum atomic E-state index is 2.44. The molecule has 1 aliphatic carbocycles. The highest BCUT2D eigenvalue weighted by atomic mass is 32.2. The van der Waals surface area contributed by atoms with Crippen LogP contribution in [0.3, 0.4) is 0 Å². The Morgan fingerprint density at radius 2 is 1.24 bits per heavy atom. The summed E-state index contributed by atoms with van der Waals surface area (Å²) in [7, 11) is 0. The Bertz CT molecular complexity index is 190. The van der Waals surface area contributed by atoms with E-state index in [1.165, 1.54) is 38.5 Å². The predicted octanol–water partition coefficient (Wildman–Crippen LogP) is 9.72. The van der Waals surface area contributed by atoms with Gasteiger partial charge in [-0.2, -0.15) is 11.8 Å². The third kappa shape index (κ3) is 22.3. The van der Waals surface area contributed by atoms with Gasteiger partial charge in [0.05, 0.1) is 0 Å². The van der Waals surface area contributed by atoms with Crippen molar-refractivity contribution in [1.29, 1.82) is 0 Å². The van der Waals surface area contributed by atoms with Crippen LogP contribution in [0, 0.1) is 23.7 Å². The fourth-order valence-electron chi connectivity index (χ4n) is 2.74. The van der Waals surface area contributed by atoms with Crippen LogP contribution in [-0.2, 0) is 0 Å². The minimum atomic E-state index is 0.884. The molecule has 0 spiro atoms. The first kappa shape index (κ1) is 33.0. The molecular formula is C24H56S. The largest absolute Gasteiger partial charge is 0.161 e. The fraction of sp³-hybridized carbons (Fsp3) is 1.00. The van der Waals surface area contributed by atoms with Crippen LogP contribution in [0.2, 0.25) is 0 Å². The molecule has 2 atom stereocenters. The zero-order valence-corrected chi connectivity index (χ0v) is 21.4. The number of rotatable bonds is 6. The summed E-state index contributed by atoms with van der Waals surface area (Å²) < 4.78 is 0. The summed E-state index contributed by atoms with van der Waals surface area (Å²) in [6, 6.07) is 0. The average Bonchev–Trinajstić information content (AvgIpc) is 2.59. The van der Waals surface area contributed by atoms with E-state index in [9.17, 15) is 0 Å². The monoisotopic (exact) mass is 376 g/mol. The lowest BCUT2D eigenvalue weighted by molar-refractivity contribution is 0.182. The zero-order valence-electron chi connectivity index (χ0n) is 20.5. The van der Waals surface area contributed by atoms with Gasteiger partial charge in [0.2, 0.25) is 0 Å². The van der Waals surface area contributed by atoms with Gasteiger partial charge in [0.25, 0.3) is 0 Å². The van der Waals surface area contributed by atoms with E-state index < -0.39 is 0 Å². The first-order valence-corrected chi connectivity index (χ1v) is 12.7. The van der Waals surface area contributed by atoms with Crippen molar-refractivity contribution in [2.24, 2.45) is 23.7 Å². The van der Waals surface area contributed by atoms with Gasteiger partial charge in [-0.25, -0.2) is 0 Å². The summed E-state index contributed by atoms with van der Waals surface area (Å²) in [6.07, 6.45) is 10.6. The van der Waals surface area contributed by atoms with Gasteiger partial charge in [0.1, 0.15) is 0 Å². The SMILES string of the molecule is CC.CC.CCC.CCC(C)C.CCCC(C)C(SC)C1CC(C)C1. The minimum absolute atomic E-state index is 0.884. The van der Waals surface area contributed by atoms with Crippen molar-refractivity contribution < 1.29 is 0 Å². The Hall–Kier alpha value is 0.350. The number of thioether (sulfide) groups is 1. The summed E-state index contributed by atoms with van der Waals surface area (Å²) in [6.45, 7) is 26.0. The molecule has 0 aromatic heterocycles. The van der Waals surface area contributed by atoms with Crippen molar-refractivity contribution in [2.45, 2.75) is 127 Å². The first-order valence-electron chi connectivity index (χ1n) is 11.4. The molecule has 0 saturated heterocycles. The van der Waals surface area contributed by atoms with E-state index >= 15 is 0 Å². The molecule has 0 heterocycles. The molecule has 0 radical (unpaired) electrons. The molecule has 1 aliphatic rings. The van der Waals surface area contributed by atoms with Crippen LogP contribution < -0.4 is 0 Å². The van der Waals surface area contributed by atoms with Gasteiger partial charge in [0, 0.05) is 5.25 Å². The van der Waals surface area contributed by atoms with E-state index in [0.29, 0.717) is 0 Å². The van der Waals surface area contributed by atoms with Crippen molar-refractivity contribution in [3.05, 3.63) is 0 Å². The number of hydrogen-bond acceptors (Lipinski definition) is 1. The Labute approximate surface area is 168 Å². The van der Waals surface area contributed by atoms with Crippen LogP contribution in [0.1, 0.15) is 122 Å². The van der Waals surface area contributed by atoms with E-state index in [4.69, 9.17) is 0 Å². The summed E-state index contributed by atoms with van der Waals surface area (Å²) in [5, 5.41) is 0.941. The second kappa shape index (κ2) is 26.6. The molecular weight excluding hydrogens is 320 g/mol. The lowest BCUT2D eigenvalue weighted by Gasteiger charge is -2.40. The predicted molar refractivity (Wildman–Crippen MR) is 127 cm³/mol. The number of hydrogen-bond donors (Lipinski definition) is 0. The maximum Gasteiger partial charge on any atom is 0.00983 e. The van der Waals surface area contributed by atoms with Crippen LogP contribution in [0.4, 0.5) is 0 Å². The molecule has 0 amide bonds. The Kier molecular flexibility index (Phi) is 35.1. The molecule has 1 rings (SSSR count). The van der Waals surface area contributed by atoms with Crippen LogP contribution in [0.15, 0.2) is 0 Å². The van der Waals surface area contributed by atoms with Crippen molar-refractivity contribution in [3.63, 3.8) is 0 Å². The van der Waals surface area contributed by atoms with Crippen molar-refractivity contribution in [1.82, 2.24) is 0 Å². The van der Waals surface area contributed by atoms with Gasteiger partial charge in [-0.1, -0.05) is 102 Å². The summed E-state index contributed by atoms with van der Waals surface area (Å²) >= 11 is 2.10. The topological polar surface area (TPSA) is 0 Å². The van der Waals surface area contributed by atoms with Gasteiger partial charge < -0.3 is 0 Å². The zero-order chi connectivity index (χ0) is 20.8. The second-order valence-electron chi connectivity index (χ2n) is 7.31. The molecule has 0 N–H and O–H groups in total. The lowest BCUT2D eigenvalue weighted by Crippen LogP contribution is -2.34. The van der Waals surface area contributed by atoms with Crippen LogP contribution in [-0.4, -0.2) is 11.5 Å². The third-order valence-corrected chi connectivity index (χ3v) is 5.66. The van der Waals surface area contributed by atoms with E-state index in [1.54, 1.807) is 0 Å². The summed E-state index contributed by atoms with van der Waals surface area (Å²) in [4.78, 5) is 0. The van der Waals surface area contributed by atoms with Gasteiger partial charge in [-0.3, -0.25) is 0 Å². The van der Waals surface area contributed by atoms with Gasteiger partial charge in [0.15, 0.2) is 0 Å². The summed E-state index contributed by atoms with van der Waals surface area (Å²) in [5.41, 5.74) is 0. The average molecular weight is 377 g/mol. The van der Waals surface area contributed by atoms with E-state index in [-0.39, 0.29) is 0 Å². The van der Waals surface area contributed by atoms with Crippen molar-refractivity contribution in [2.75, 3.05) is 6.26 Å². The molecule has 0 nitrogen and oxygen atoms in total. The molecule has 0 aliphatic heterocycles. The maximum absolute atomic E-state index is 2.44. The van der Waals surface area contributed by atoms with Crippen molar-refractivity contribution in [3.8, 4) is 0 Å². The molecule has 158 valence electrons. The molecule has 2 unspecified atom stereocenters. The van der Waals surface area contributed by atoms with Crippen molar-refractivity contribution >= 4 is 11.8 Å². The third-order valence-electron chi connectivity index (χ3n) is 4.27. The first-order chi connectivity index (χ1) is 11.9. The van der Waals surface area contributed by atoms with Gasteiger partial charge >= 0.3 is 0 Å². The summed E-state index contributed by atoms with van der Waals surface area (Å²) in [5.74, 6) is 3.85. The van der Waals surface area contributed by atoms with Crippen LogP contribution >= 0.6 is 11.8 Å². The Balaban J connectivity index is -0.000000153. The molecule has 1 heteroatoms. The Morgan fingerprint density at radius 3 is 1.44 bits per heavy atom.